The molecule has 114 valence electrons. The first-order valence-corrected chi connectivity index (χ1v) is 7.47. The fraction of sp³-hybridized carbons (Fsp3) is 0.462. The molecule has 21 heavy (non-hydrogen) atoms. The van der Waals surface area contributed by atoms with Crippen LogP contribution in [0.25, 0.3) is 4.96 Å². The van der Waals surface area contributed by atoms with Crippen molar-refractivity contribution in [2.45, 2.75) is 26.4 Å². The molecule has 1 amide bonds. The fourth-order valence-corrected chi connectivity index (χ4v) is 2.45. The van der Waals surface area contributed by atoms with Crippen LogP contribution >= 0.6 is 11.3 Å². The molecule has 0 radical (unpaired) electrons. The van der Waals surface area contributed by atoms with Crippen molar-refractivity contribution in [3.8, 4) is 5.88 Å². The van der Waals surface area contributed by atoms with E-state index in [1.807, 2.05) is 13.8 Å². The first kappa shape index (κ1) is 15.5. The predicted octanol–water partition coefficient (Wildman–Crippen LogP) is 1.01. The molecule has 0 aliphatic rings. The fourth-order valence-electron chi connectivity index (χ4n) is 1.75. The number of fused-ring (bicyclic) bond motifs is 1. The van der Waals surface area contributed by atoms with E-state index in [0.717, 1.165) is 0 Å². The Labute approximate surface area is 125 Å². The number of rotatable bonds is 6. The maximum Gasteiger partial charge on any atom is 0.275 e. The maximum atomic E-state index is 12.1. The van der Waals surface area contributed by atoms with Gasteiger partial charge in [0.25, 0.3) is 11.5 Å². The molecular weight excluding hydrogens is 294 g/mol. The minimum atomic E-state index is -0.629. The third-order valence-corrected chi connectivity index (χ3v) is 3.49. The molecular formula is C13H17N3O4S. The van der Waals surface area contributed by atoms with Crippen LogP contribution in [-0.4, -0.2) is 39.7 Å². The van der Waals surface area contributed by atoms with Gasteiger partial charge in [-0.3, -0.25) is 14.0 Å². The summed E-state index contributed by atoms with van der Waals surface area (Å²) < 4.78 is 6.58. The second kappa shape index (κ2) is 6.68. The Morgan fingerprint density at radius 3 is 3.05 bits per heavy atom. The Hall–Kier alpha value is -1.93. The van der Waals surface area contributed by atoms with Gasteiger partial charge in [0.15, 0.2) is 10.5 Å². The van der Waals surface area contributed by atoms with Crippen LogP contribution in [0.5, 0.6) is 5.88 Å². The predicted molar refractivity (Wildman–Crippen MR) is 79.0 cm³/mol. The molecule has 2 aromatic heterocycles. The van der Waals surface area contributed by atoms with Gasteiger partial charge in [0.05, 0.1) is 6.10 Å². The smallest absolute Gasteiger partial charge is 0.275 e. The number of amides is 1. The van der Waals surface area contributed by atoms with Gasteiger partial charge in [0.2, 0.25) is 5.88 Å². The van der Waals surface area contributed by atoms with Gasteiger partial charge in [0.1, 0.15) is 0 Å². The molecule has 2 N–H and O–H groups in total. The zero-order valence-electron chi connectivity index (χ0n) is 11.8. The minimum Gasteiger partial charge on any atom is -0.492 e. The SMILES string of the molecule is CC(C)OCCCNC(=O)c1c(O)nc2sccn2c1=O. The van der Waals surface area contributed by atoms with Crippen molar-refractivity contribution in [2.24, 2.45) is 0 Å². The van der Waals surface area contributed by atoms with Gasteiger partial charge in [-0.05, 0) is 20.3 Å². The van der Waals surface area contributed by atoms with Crippen LogP contribution in [0, 0.1) is 0 Å². The molecule has 2 heterocycles. The standard InChI is InChI=1S/C13H17N3O4S/c1-8(2)20-6-3-4-14-10(17)9-11(18)15-13-16(12(9)19)5-7-21-13/h5,7-8,18H,3-4,6H2,1-2H3,(H,14,17). The normalized spacial score (nSPS) is 11.2. The average Bonchev–Trinajstić information content (AvgIpc) is 2.86. The lowest BCUT2D eigenvalue weighted by molar-refractivity contribution is 0.0756. The number of aromatic nitrogens is 2. The quantitative estimate of drug-likeness (QED) is 0.777. The van der Waals surface area contributed by atoms with E-state index in [1.54, 1.807) is 5.38 Å². The van der Waals surface area contributed by atoms with E-state index in [2.05, 4.69) is 10.3 Å². The lowest BCUT2D eigenvalue weighted by atomic mass is 10.3. The summed E-state index contributed by atoms with van der Waals surface area (Å²) in [6.45, 7) is 4.74. The molecule has 0 saturated carbocycles. The summed E-state index contributed by atoms with van der Waals surface area (Å²) >= 11 is 1.21. The Kier molecular flexibility index (Phi) is 4.92. The van der Waals surface area contributed by atoms with Gasteiger partial charge in [0, 0.05) is 24.7 Å². The van der Waals surface area contributed by atoms with Crippen LogP contribution in [0.3, 0.4) is 0 Å². The van der Waals surface area contributed by atoms with Crippen LogP contribution in [0.4, 0.5) is 0 Å². The monoisotopic (exact) mass is 311 g/mol. The van der Waals surface area contributed by atoms with Crippen LogP contribution in [0.1, 0.15) is 30.6 Å². The Balaban J connectivity index is 2.04. The summed E-state index contributed by atoms with van der Waals surface area (Å²) in [4.78, 5) is 28.3. The largest absolute Gasteiger partial charge is 0.492 e. The van der Waals surface area contributed by atoms with Gasteiger partial charge in [-0.15, -0.1) is 11.3 Å². The molecule has 7 nitrogen and oxygen atoms in total. The van der Waals surface area contributed by atoms with Crippen molar-refractivity contribution in [2.75, 3.05) is 13.2 Å². The first-order valence-electron chi connectivity index (χ1n) is 6.59. The summed E-state index contributed by atoms with van der Waals surface area (Å²) in [5, 5.41) is 14.0. The maximum absolute atomic E-state index is 12.1. The van der Waals surface area contributed by atoms with Crippen molar-refractivity contribution in [1.82, 2.24) is 14.7 Å². The number of nitrogens with one attached hydrogen (secondary N) is 1. The summed E-state index contributed by atoms with van der Waals surface area (Å²) in [5.74, 6) is -1.17. The van der Waals surface area contributed by atoms with Crippen LogP contribution in [0.2, 0.25) is 0 Å². The number of nitrogens with zero attached hydrogens (tertiary/aromatic N) is 2. The highest BCUT2D eigenvalue weighted by Crippen LogP contribution is 2.14. The minimum absolute atomic E-state index is 0.139. The second-order valence-corrected chi connectivity index (χ2v) is 5.57. The van der Waals surface area contributed by atoms with Gasteiger partial charge < -0.3 is 15.2 Å². The van der Waals surface area contributed by atoms with Crippen molar-refractivity contribution < 1.29 is 14.6 Å². The number of ether oxygens (including phenoxy) is 1. The molecule has 0 aromatic carbocycles. The molecule has 2 aromatic rings. The molecule has 0 spiro atoms. The third-order valence-electron chi connectivity index (χ3n) is 2.73. The molecule has 0 aliphatic heterocycles. The number of hydrogen-bond donors (Lipinski definition) is 2. The molecule has 2 rings (SSSR count). The van der Waals surface area contributed by atoms with E-state index in [4.69, 9.17) is 4.74 Å². The Bertz CT molecular complexity index is 692. The highest BCUT2D eigenvalue weighted by molar-refractivity contribution is 7.15. The van der Waals surface area contributed by atoms with E-state index < -0.39 is 17.3 Å². The third kappa shape index (κ3) is 3.59. The number of carbonyl (C=O) groups excluding carboxylic acids is 1. The lowest BCUT2D eigenvalue weighted by Crippen LogP contribution is -2.32. The highest BCUT2D eigenvalue weighted by atomic mass is 32.1. The Morgan fingerprint density at radius 2 is 2.33 bits per heavy atom. The van der Waals surface area contributed by atoms with Crippen LogP contribution < -0.4 is 10.9 Å². The Morgan fingerprint density at radius 1 is 1.57 bits per heavy atom. The zero-order valence-corrected chi connectivity index (χ0v) is 12.6. The summed E-state index contributed by atoms with van der Waals surface area (Å²) in [6.07, 6.45) is 2.28. The van der Waals surface area contributed by atoms with Crippen molar-refractivity contribution in [1.29, 1.82) is 0 Å². The van der Waals surface area contributed by atoms with Gasteiger partial charge in [-0.2, -0.15) is 4.98 Å². The number of aromatic hydroxyl groups is 1. The van der Waals surface area contributed by atoms with Crippen LogP contribution in [-0.2, 0) is 4.74 Å². The second-order valence-electron chi connectivity index (χ2n) is 4.70. The topological polar surface area (TPSA) is 92.9 Å². The summed E-state index contributed by atoms with van der Waals surface area (Å²) in [5.41, 5.74) is -0.912. The van der Waals surface area contributed by atoms with E-state index >= 15 is 0 Å². The average molecular weight is 311 g/mol. The van der Waals surface area contributed by atoms with E-state index in [1.165, 1.54) is 21.9 Å². The molecule has 0 aliphatic carbocycles. The number of hydrogen-bond acceptors (Lipinski definition) is 6. The zero-order chi connectivity index (χ0) is 15.4. The molecule has 0 atom stereocenters. The molecule has 0 saturated heterocycles. The van der Waals surface area contributed by atoms with Gasteiger partial charge >= 0.3 is 0 Å². The van der Waals surface area contributed by atoms with E-state index in [9.17, 15) is 14.7 Å². The first-order chi connectivity index (χ1) is 10.0. The van der Waals surface area contributed by atoms with Crippen LogP contribution in [0.15, 0.2) is 16.4 Å². The van der Waals surface area contributed by atoms with Crippen molar-refractivity contribution in [3.63, 3.8) is 0 Å². The highest BCUT2D eigenvalue weighted by Gasteiger charge is 2.19. The molecule has 0 bridgehead atoms. The van der Waals surface area contributed by atoms with E-state index in [0.29, 0.717) is 24.5 Å². The summed E-state index contributed by atoms with van der Waals surface area (Å²) in [7, 11) is 0. The van der Waals surface area contributed by atoms with Crippen molar-refractivity contribution in [3.05, 3.63) is 27.5 Å². The van der Waals surface area contributed by atoms with Gasteiger partial charge in [-0.1, -0.05) is 0 Å². The molecule has 0 fully saturated rings. The number of thiazole rings is 1. The van der Waals surface area contributed by atoms with Crippen molar-refractivity contribution >= 4 is 22.2 Å². The van der Waals surface area contributed by atoms with E-state index in [-0.39, 0.29) is 11.7 Å². The molecule has 8 heteroatoms. The molecule has 0 unspecified atom stereocenters. The summed E-state index contributed by atoms with van der Waals surface area (Å²) in [6, 6.07) is 0. The number of carbonyl (C=O) groups is 1. The lowest BCUT2D eigenvalue weighted by Gasteiger charge is -2.08. The van der Waals surface area contributed by atoms with Gasteiger partial charge in [-0.25, -0.2) is 0 Å².